The number of likely N-dealkylation sites (N-methyl/N-ethyl adjacent to an activating group) is 1. The fourth-order valence-corrected chi connectivity index (χ4v) is 4.70. The Balaban J connectivity index is 1.50. The molecule has 174 valence electrons. The lowest BCUT2D eigenvalue weighted by molar-refractivity contribution is 0.0692. The number of aromatic nitrogens is 2. The van der Waals surface area contributed by atoms with Gasteiger partial charge in [0.15, 0.2) is 5.82 Å². The molecule has 0 atom stereocenters. The van der Waals surface area contributed by atoms with E-state index in [9.17, 15) is 10.1 Å². The van der Waals surface area contributed by atoms with E-state index in [0.29, 0.717) is 15.9 Å². The van der Waals surface area contributed by atoms with Gasteiger partial charge < -0.3 is 4.90 Å². The van der Waals surface area contributed by atoms with Crippen molar-refractivity contribution in [1.29, 1.82) is 5.26 Å². The summed E-state index contributed by atoms with van der Waals surface area (Å²) in [5.41, 5.74) is 5.05. The summed E-state index contributed by atoms with van der Waals surface area (Å²) in [6.07, 6.45) is 6.78. The van der Waals surface area contributed by atoms with Crippen LogP contribution in [0.5, 0.6) is 0 Å². The molecule has 1 saturated heterocycles. The number of anilines is 1. The van der Waals surface area contributed by atoms with Gasteiger partial charge >= 0.3 is 0 Å². The number of nitrogens with one attached hydrogen (secondary N) is 1. The molecule has 2 aromatic rings. The van der Waals surface area contributed by atoms with Gasteiger partial charge in [0.25, 0.3) is 5.91 Å². The van der Waals surface area contributed by atoms with E-state index >= 15 is 0 Å². The lowest BCUT2D eigenvalue weighted by Gasteiger charge is -2.35. The fraction of sp³-hybridized carbons (Fsp3) is 0.500. The molecule has 1 aromatic carbocycles. The van der Waals surface area contributed by atoms with Crippen molar-refractivity contribution >= 4 is 27.7 Å². The van der Waals surface area contributed by atoms with Crippen LogP contribution in [-0.4, -0.2) is 70.0 Å². The Bertz CT molecular complexity index is 993. The normalized spacial score (nSPS) is 18.0. The van der Waals surface area contributed by atoms with E-state index in [1.54, 1.807) is 5.01 Å². The Morgan fingerprint density at radius 3 is 2.55 bits per heavy atom. The van der Waals surface area contributed by atoms with Crippen LogP contribution in [0.2, 0.25) is 0 Å². The molecular formula is C24H30BrN7O. The van der Waals surface area contributed by atoms with Crippen molar-refractivity contribution in [2.24, 2.45) is 0 Å². The van der Waals surface area contributed by atoms with E-state index < -0.39 is 0 Å². The number of hydrogen-bond acceptors (Lipinski definition) is 7. The third-order valence-corrected chi connectivity index (χ3v) is 7.01. The number of hydrazine groups is 1. The zero-order valence-corrected chi connectivity index (χ0v) is 20.6. The first-order chi connectivity index (χ1) is 16.0. The summed E-state index contributed by atoms with van der Waals surface area (Å²) in [5, 5.41) is 10.9. The number of carbonyl (C=O) groups excluding carboxylic acids is 1. The lowest BCUT2D eigenvalue weighted by Crippen LogP contribution is -2.45. The second-order valence-electron chi connectivity index (χ2n) is 8.86. The third kappa shape index (κ3) is 6.08. The Labute approximate surface area is 203 Å². The van der Waals surface area contributed by atoms with E-state index in [0.717, 1.165) is 58.4 Å². The lowest BCUT2D eigenvalue weighted by atomic mass is 9.94. The number of nitriles is 1. The first kappa shape index (κ1) is 23.6. The van der Waals surface area contributed by atoms with Gasteiger partial charge in [-0.1, -0.05) is 31.4 Å². The zero-order chi connectivity index (χ0) is 23.2. The van der Waals surface area contributed by atoms with Gasteiger partial charge in [-0.3, -0.25) is 15.1 Å². The van der Waals surface area contributed by atoms with Gasteiger partial charge in [0.2, 0.25) is 5.82 Å². The molecule has 1 amide bonds. The molecule has 0 spiro atoms. The Morgan fingerprint density at radius 1 is 1.18 bits per heavy atom. The average Bonchev–Trinajstić information content (AvgIpc) is 2.85. The van der Waals surface area contributed by atoms with Gasteiger partial charge in [-0.05, 0) is 53.5 Å². The van der Waals surface area contributed by atoms with Gasteiger partial charge in [-0.15, -0.1) is 0 Å². The topological polar surface area (TPSA) is 88.4 Å². The number of piperazine rings is 1. The van der Waals surface area contributed by atoms with Gasteiger partial charge in [0.1, 0.15) is 6.07 Å². The molecular weight excluding hydrogens is 482 g/mol. The molecule has 0 unspecified atom stereocenters. The number of halogens is 1. The van der Waals surface area contributed by atoms with Gasteiger partial charge in [-0.2, -0.15) is 10.2 Å². The highest BCUT2D eigenvalue weighted by molar-refractivity contribution is 9.10. The largest absolute Gasteiger partial charge is 0.304 e. The standard InChI is InChI=1S/C24H30BrN7O/c1-30-11-13-31(14-12-30)17-18-7-9-19(10-8-18)24(33)32(20-5-3-2-4-6-20)29-23-21(25)16-27-22(15-26)28-23/h7-10,16,20H,2-6,11-14,17H2,1H3,(H,27,28,29). The van der Waals surface area contributed by atoms with Crippen LogP contribution < -0.4 is 5.43 Å². The number of amides is 1. The van der Waals surface area contributed by atoms with Gasteiger partial charge in [-0.25, -0.2) is 9.99 Å². The van der Waals surface area contributed by atoms with Crippen LogP contribution in [0.1, 0.15) is 53.8 Å². The van der Waals surface area contributed by atoms with Crippen molar-refractivity contribution in [3.05, 3.63) is 51.9 Å². The highest BCUT2D eigenvalue weighted by Crippen LogP contribution is 2.27. The molecule has 1 N–H and O–H groups in total. The van der Waals surface area contributed by atoms with Crippen molar-refractivity contribution in [2.45, 2.75) is 44.7 Å². The van der Waals surface area contributed by atoms with Crippen LogP contribution >= 0.6 is 15.9 Å². The number of hydrogen-bond donors (Lipinski definition) is 1. The fourth-order valence-electron chi connectivity index (χ4n) is 4.42. The Hall–Kier alpha value is -2.54. The molecule has 33 heavy (non-hydrogen) atoms. The highest BCUT2D eigenvalue weighted by atomic mass is 79.9. The van der Waals surface area contributed by atoms with E-state index in [2.05, 4.69) is 60.3 Å². The maximum Gasteiger partial charge on any atom is 0.272 e. The van der Waals surface area contributed by atoms with E-state index in [4.69, 9.17) is 0 Å². The number of carbonyl (C=O) groups is 1. The molecule has 1 saturated carbocycles. The molecule has 2 aliphatic rings. The molecule has 0 radical (unpaired) electrons. The zero-order valence-electron chi connectivity index (χ0n) is 19.0. The minimum atomic E-state index is -0.0860. The first-order valence-electron chi connectivity index (χ1n) is 11.6. The summed E-state index contributed by atoms with van der Waals surface area (Å²) in [6, 6.07) is 9.97. The molecule has 1 aromatic heterocycles. The van der Waals surface area contributed by atoms with Gasteiger partial charge in [0, 0.05) is 44.5 Å². The third-order valence-electron chi connectivity index (χ3n) is 6.43. The first-order valence-corrected chi connectivity index (χ1v) is 12.4. The molecule has 1 aliphatic heterocycles. The minimum Gasteiger partial charge on any atom is -0.304 e. The maximum absolute atomic E-state index is 13.6. The van der Waals surface area contributed by atoms with Crippen LogP contribution in [0, 0.1) is 11.3 Å². The Kier molecular flexibility index (Phi) is 7.91. The minimum absolute atomic E-state index is 0.0602. The number of benzene rings is 1. The molecule has 2 fully saturated rings. The summed E-state index contributed by atoms with van der Waals surface area (Å²) in [7, 11) is 2.16. The molecule has 4 rings (SSSR count). The van der Waals surface area contributed by atoms with Gasteiger partial charge in [0.05, 0.1) is 10.5 Å². The number of nitrogens with zero attached hydrogens (tertiary/aromatic N) is 6. The predicted molar refractivity (Wildman–Crippen MR) is 130 cm³/mol. The summed E-state index contributed by atoms with van der Waals surface area (Å²) < 4.78 is 0.609. The van der Waals surface area contributed by atoms with Crippen molar-refractivity contribution in [2.75, 3.05) is 38.7 Å². The van der Waals surface area contributed by atoms with E-state index in [-0.39, 0.29) is 17.8 Å². The van der Waals surface area contributed by atoms with Crippen molar-refractivity contribution in [1.82, 2.24) is 24.8 Å². The summed E-state index contributed by atoms with van der Waals surface area (Å²) in [4.78, 5) is 26.6. The summed E-state index contributed by atoms with van der Waals surface area (Å²) >= 11 is 3.44. The van der Waals surface area contributed by atoms with Crippen LogP contribution in [-0.2, 0) is 6.54 Å². The van der Waals surface area contributed by atoms with Crippen molar-refractivity contribution < 1.29 is 4.79 Å². The van der Waals surface area contributed by atoms with Crippen LogP contribution in [0.15, 0.2) is 34.9 Å². The molecule has 1 aliphatic carbocycles. The molecule has 8 nitrogen and oxygen atoms in total. The second kappa shape index (κ2) is 11.1. The average molecular weight is 512 g/mol. The predicted octanol–water partition coefficient (Wildman–Crippen LogP) is 3.66. The smallest absolute Gasteiger partial charge is 0.272 e. The summed E-state index contributed by atoms with van der Waals surface area (Å²) in [6.45, 7) is 5.21. The van der Waals surface area contributed by atoms with E-state index in [1.807, 2.05) is 18.2 Å². The molecule has 9 heteroatoms. The maximum atomic E-state index is 13.6. The van der Waals surface area contributed by atoms with Crippen LogP contribution in [0.4, 0.5) is 5.82 Å². The number of rotatable bonds is 6. The Morgan fingerprint density at radius 2 is 1.88 bits per heavy atom. The SMILES string of the molecule is CN1CCN(Cc2ccc(C(=O)N(Nc3nc(C#N)ncc3Br)C3CCCCC3)cc2)CC1. The quantitative estimate of drug-likeness (QED) is 0.591. The van der Waals surface area contributed by atoms with Crippen LogP contribution in [0.25, 0.3) is 0 Å². The highest BCUT2D eigenvalue weighted by Gasteiger charge is 2.28. The molecule has 2 heterocycles. The van der Waals surface area contributed by atoms with E-state index in [1.165, 1.54) is 18.2 Å². The van der Waals surface area contributed by atoms with Crippen molar-refractivity contribution in [3.8, 4) is 6.07 Å². The monoisotopic (exact) mass is 511 g/mol. The molecule has 0 bridgehead atoms. The summed E-state index contributed by atoms with van der Waals surface area (Å²) in [5.74, 6) is 0.397. The van der Waals surface area contributed by atoms with Crippen molar-refractivity contribution in [3.63, 3.8) is 0 Å². The van der Waals surface area contributed by atoms with Crippen LogP contribution in [0.3, 0.4) is 0 Å². The second-order valence-corrected chi connectivity index (χ2v) is 9.71.